The summed E-state index contributed by atoms with van der Waals surface area (Å²) in [4.78, 5) is 4.49. The van der Waals surface area contributed by atoms with E-state index in [1.165, 1.54) is 0 Å². The van der Waals surface area contributed by atoms with Gasteiger partial charge in [-0.3, -0.25) is 4.98 Å². The molecule has 0 aromatic carbocycles. The molecule has 0 fully saturated rings. The van der Waals surface area contributed by atoms with E-state index in [1.54, 1.807) is 7.11 Å². The number of rotatable bonds is 5. The first-order chi connectivity index (χ1) is 9.56. The van der Waals surface area contributed by atoms with Crippen LogP contribution < -0.4 is 4.74 Å². The topological polar surface area (TPSA) is 47.3 Å². The van der Waals surface area contributed by atoms with Gasteiger partial charge >= 0.3 is 0 Å². The first-order valence-corrected chi connectivity index (χ1v) is 6.89. The van der Waals surface area contributed by atoms with Crippen LogP contribution in [0.4, 0.5) is 0 Å². The molecule has 2 rings (SSSR count). The van der Waals surface area contributed by atoms with E-state index >= 15 is 0 Å². The van der Waals surface area contributed by atoms with Crippen LogP contribution in [0.25, 0.3) is 0 Å². The smallest absolute Gasteiger partial charge is 0.128 e. The average molecular weight is 274 g/mol. The maximum Gasteiger partial charge on any atom is 0.128 e. The lowest BCUT2D eigenvalue weighted by molar-refractivity contribution is 0.173. The SMILES string of the molecule is CCC(O)c1ccn(Cc2ncc(C)c(OC)c2C)c1. The highest BCUT2D eigenvalue weighted by Crippen LogP contribution is 2.25. The Balaban J connectivity index is 2.24. The quantitative estimate of drug-likeness (QED) is 0.911. The van der Waals surface area contributed by atoms with Gasteiger partial charge in [-0.05, 0) is 31.9 Å². The number of aliphatic hydroxyl groups excluding tert-OH is 1. The van der Waals surface area contributed by atoms with Crippen LogP contribution in [0.1, 0.15) is 41.8 Å². The van der Waals surface area contributed by atoms with Gasteiger partial charge in [0.05, 0.1) is 25.5 Å². The number of aromatic nitrogens is 2. The van der Waals surface area contributed by atoms with Crippen molar-refractivity contribution in [2.24, 2.45) is 0 Å². The zero-order valence-corrected chi connectivity index (χ0v) is 12.6. The third-order valence-electron chi connectivity index (χ3n) is 3.63. The van der Waals surface area contributed by atoms with E-state index in [0.717, 1.165) is 34.6 Å². The Bertz CT molecular complexity index is 590. The zero-order valence-electron chi connectivity index (χ0n) is 12.6. The zero-order chi connectivity index (χ0) is 14.7. The van der Waals surface area contributed by atoms with E-state index in [4.69, 9.17) is 4.74 Å². The molecule has 1 N–H and O–H groups in total. The van der Waals surface area contributed by atoms with Gasteiger partial charge in [-0.15, -0.1) is 0 Å². The van der Waals surface area contributed by atoms with Crippen molar-refractivity contribution in [3.8, 4) is 5.75 Å². The number of aryl methyl sites for hydroxylation is 1. The second-order valence-electron chi connectivity index (χ2n) is 5.09. The Kier molecular flexibility index (Phi) is 4.45. The Morgan fingerprint density at radius 2 is 2.15 bits per heavy atom. The van der Waals surface area contributed by atoms with Crippen molar-refractivity contribution in [3.05, 3.63) is 47.0 Å². The molecule has 0 radical (unpaired) electrons. The summed E-state index contributed by atoms with van der Waals surface area (Å²) < 4.78 is 7.47. The van der Waals surface area contributed by atoms with Crippen LogP contribution in [0.15, 0.2) is 24.7 Å². The number of pyridine rings is 1. The van der Waals surface area contributed by atoms with Crippen LogP contribution >= 0.6 is 0 Å². The van der Waals surface area contributed by atoms with Crippen LogP contribution in [-0.2, 0) is 6.54 Å². The fraction of sp³-hybridized carbons (Fsp3) is 0.438. The van der Waals surface area contributed by atoms with Gasteiger partial charge in [0.1, 0.15) is 5.75 Å². The third kappa shape index (κ3) is 2.85. The van der Waals surface area contributed by atoms with Gasteiger partial charge in [0.15, 0.2) is 0 Å². The maximum absolute atomic E-state index is 9.83. The fourth-order valence-electron chi connectivity index (χ4n) is 2.39. The molecule has 0 saturated heterocycles. The molecular formula is C16H22N2O2. The largest absolute Gasteiger partial charge is 0.496 e. The van der Waals surface area contributed by atoms with Gasteiger partial charge in [-0.25, -0.2) is 0 Å². The van der Waals surface area contributed by atoms with Gasteiger partial charge in [-0.1, -0.05) is 6.92 Å². The molecule has 4 nitrogen and oxygen atoms in total. The van der Waals surface area contributed by atoms with Crippen molar-refractivity contribution in [2.45, 2.75) is 39.8 Å². The second-order valence-corrected chi connectivity index (χ2v) is 5.09. The molecule has 2 heterocycles. The minimum atomic E-state index is -0.391. The lowest BCUT2D eigenvalue weighted by Crippen LogP contribution is -2.05. The van der Waals surface area contributed by atoms with Crippen LogP contribution in [0.3, 0.4) is 0 Å². The minimum Gasteiger partial charge on any atom is -0.496 e. The first kappa shape index (κ1) is 14.6. The van der Waals surface area contributed by atoms with Gasteiger partial charge in [-0.2, -0.15) is 0 Å². The number of hydrogen-bond donors (Lipinski definition) is 1. The summed E-state index contributed by atoms with van der Waals surface area (Å²) in [5, 5.41) is 9.83. The molecule has 20 heavy (non-hydrogen) atoms. The number of nitrogens with zero attached hydrogens (tertiary/aromatic N) is 2. The molecule has 0 aliphatic rings. The van der Waals surface area contributed by atoms with E-state index in [9.17, 15) is 5.11 Å². The number of aliphatic hydroxyl groups is 1. The van der Waals surface area contributed by atoms with Crippen molar-refractivity contribution < 1.29 is 9.84 Å². The molecule has 0 saturated carbocycles. The van der Waals surface area contributed by atoms with Gasteiger partial charge in [0.2, 0.25) is 0 Å². The lowest BCUT2D eigenvalue weighted by atomic mass is 10.1. The molecular weight excluding hydrogens is 252 g/mol. The average Bonchev–Trinajstić information content (AvgIpc) is 2.90. The Morgan fingerprint density at radius 1 is 1.40 bits per heavy atom. The van der Waals surface area contributed by atoms with Crippen molar-refractivity contribution in [2.75, 3.05) is 7.11 Å². The predicted molar refractivity (Wildman–Crippen MR) is 79.0 cm³/mol. The van der Waals surface area contributed by atoms with E-state index in [2.05, 4.69) is 4.98 Å². The molecule has 0 spiro atoms. The van der Waals surface area contributed by atoms with Crippen molar-refractivity contribution >= 4 is 0 Å². The fourth-order valence-corrected chi connectivity index (χ4v) is 2.39. The molecule has 1 atom stereocenters. The summed E-state index contributed by atoms with van der Waals surface area (Å²) >= 11 is 0. The molecule has 0 amide bonds. The summed E-state index contributed by atoms with van der Waals surface area (Å²) in [5.74, 6) is 0.899. The van der Waals surface area contributed by atoms with Crippen molar-refractivity contribution in [1.82, 2.24) is 9.55 Å². The molecule has 0 aliphatic carbocycles. The minimum absolute atomic E-state index is 0.391. The van der Waals surface area contributed by atoms with Gasteiger partial charge < -0.3 is 14.4 Å². The predicted octanol–water partition coefficient (Wildman–Crippen LogP) is 3.00. The molecule has 0 bridgehead atoms. The van der Waals surface area contributed by atoms with Crippen LogP contribution in [-0.4, -0.2) is 21.8 Å². The summed E-state index contributed by atoms with van der Waals surface area (Å²) in [7, 11) is 1.69. The highest BCUT2D eigenvalue weighted by atomic mass is 16.5. The molecule has 2 aromatic rings. The third-order valence-corrected chi connectivity index (χ3v) is 3.63. The second kappa shape index (κ2) is 6.09. The summed E-state index contributed by atoms with van der Waals surface area (Å²) in [6.07, 6.45) is 6.12. The highest BCUT2D eigenvalue weighted by molar-refractivity contribution is 5.41. The van der Waals surface area contributed by atoms with Crippen LogP contribution in [0.5, 0.6) is 5.75 Å². The standard InChI is InChI=1S/C16H22N2O2/c1-5-15(19)13-6-7-18(9-13)10-14-12(3)16(20-4)11(2)8-17-14/h6-9,15,19H,5,10H2,1-4H3. The molecule has 0 aliphatic heterocycles. The molecule has 1 unspecified atom stereocenters. The summed E-state index contributed by atoms with van der Waals surface area (Å²) in [6.45, 7) is 6.67. The highest BCUT2D eigenvalue weighted by Gasteiger charge is 2.11. The summed E-state index contributed by atoms with van der Waals surface area (Å²) in [6, 6.07) is 1.95. The molecule has 2 aromatic heterocycles. The summed E-state index contributed by atoms with van der Waals surface area (Å²) in [5.41, 5.74) is 4.05. The number of ether oxygens (including phenoxy) is 1. The normalized spacial score (nSPS) is 12.4. The first-order valence-electron chi connectivity index (χ1n) is 6.89. The van der Waals surface area contributed by atoms with Crippen LogP contribution in [0.2, 0.25) is 0 Å². The Labute approximate surface area is 120 Å². The Hall–Kier alpha value is -1.81. The Morgan fingerprint density at radius 3 is 2.80 bits per heavy atom. The molecule has 108 valence electrons. The van der Waals surface area contributed by atoms with Gasteiger partial charge in [0.25, 0.3) is 0 Å². The number of methoxy groups -OCH3 is 1. The van der Waals surface area contributed by atoms with Crippen LogP contribution in [0, 0.1) is 13.8 Å². The van der Waals surface area contributed by atoms with E-state index < -0.39 is 6.10 Å². The maximum atomic E-state index is 9.83. The van der Waals surface area contributed by atoms with Crippen molar-refractivity contribution in [1.29, 1.82) is 0 Å². The lowest BCUT2D eigenvalue weighted by Gasteiger charge is -2.12. The number of hydrogen-bond acceptors (Lipinski definition) is 3. The van der Waals surface area contributed by atoms with E-state index in [1.807, 2.05) is 50.0 Å². The van der Waals surface area contributed by atoms with E-state index in [0.29, 0.717) is 6.54 Å². The van der Waals surface area contributed by atoms with E-state index in [-0.39, 0.29) is 0 Å². The molecule has 4 heteroatoms. The van der Waals surface area contributed by atoms with Gasteiger partial charge in [0, 0.05) is 29.7 Å². The monoisotopic (exact) mass is 274 g/mol. The van der Waals surface area contributed by atoms with Crippen molar-refractivity contribution in [3.63, 3.8) is 0 Å².